The number of hydrogen-bond acceptors (Lipinski definition) is 0. The number of benzene rings is 1. The molecule has 15 heavy (non-hydrogen) atoms. The van der Waals surface area contributed by atoms with Gasteiger partial charge in [-0.25, -0.2) is 0 Å². The van der Waals surface area contributed by atoms with Crippen molar-refractivity contribution in [3.05, 3.63) is 40.8 Å². The number of hydrogen-bond donors (Lipinski definition) is 0. The molecular formula is C15H19. The van der Waals surface area contributed by atoms with E-state index in [1.165, 1.54) is 22.3 Å². The highest BCUT2D eigenvalue weighted by atomic mass is 14.1. The van der Waals surface area contributed by atoms with Gasteiger partial charge in [-0.15, -0.1) is 0 Å². The molecule has 0 heterocycles. The molecule has 1 rings (SSSR count). The van der Waals surface area contributed by atoms with Crippen LogP contribution in [0.1, 0.15) is 41.5 Å². The van der Waals surface area contributed by atoms with E-state index < -0.39 is 0 Å². The second-order valence-corrected chi connectivity index (χ2v) is 4.25. The fourth-order valence-electron chi connectivity index (χ4n) is 1.92. The van der Waals surface area contributed by atoms with Crippen molar-refractivity contribution >= 4 is 0 Å². The van der Waals surface area contributed by atoms with Crippen LogP contribution in [0.15, 0.2) is 12.1 Å². The van der Waals surface area contributed by atoms with E-state index in [4.69, 9.17) is 6.42 Å². The van der Waals surface area contributed by atoms with E-state index in [-0.39, 0.29) is 0 Å². The van der Waals surface area contributed by atoms with Gasteiger partial charge in [-0.1, -0.05) is 23.6 Å². The average molecular weight is 199 g/mol. The Morgan fingerprint density at radius 2 is 1.87 bits per heavy atom. The maximum absolute atomic E-state index is 6.85. The SMILES string of the molecule is [C]#CCCCCc1cc(C)cc(C)c1C. The van der Waals surface area contributed by atoms with E-state index in [9.17, 15) is 0 Å². The third-order valence-corrected chi connectivity index (χ3v) is 2.92. The highest BCUT2D eigenvalue weighted by Crippen LogP contribution is 2.18. The molecule has 1 radical (unpaired) electrons. The van der Waals surface area contributed by atoms with Crippen LogP contribution in [0.4, 0.5) is 0 Å². The fraction of sp³-hybridized carbons (Fsp3) is 0.467. The second-order valence-electron chi connectivity index (χ2n) is 4.25. The molecule has 0 nitrogen and oxygen atoms in total. The summed E-state index contributed by atoms with van der Waals surface area (Å²) in [6.07, 6.45) is 11.0. The molecular weight excluding hydrogens is 180 g/mol. The molecule has 0 aliphatic rings. The Balaban J connectivity index is 2.65. The molecule has 0 N–H and O–H groups in total. The van der Waals surface area contributed by atoms with Crippen molar-refractivity contribution in [2.24, 2.45) is 0 Å². The first-order chi connectivity index (χ1) is 7.15. The summed E-state index contributed by atoms with van der Waals surface area (Å²) in [4.78, 5) is 0. The van der Waals surface area contributed by atoms with Crippen LogP contribution in [0.3, 0.4) is 0 Å². The van der Waals surface area contributed by atoms with Crippen LogP contribution in [-0.2, 0) is 6.42 Å². The second kappa shape index (κ2) is 5.61. The monoisotopic (exact) mass is 199 g/mol. The van der Waals surface area contributed by atoms with Crippen molar-refractivity contribution in [1.29, 1.82) is 0 Å². The molecule has 0 amide bonds. The summed E-state index contributed by atoms with van der Waals surface area (Å²) in [5.74, 6) is 2.44. The lowest BCUT2D eigenvalue weighted by atomic mass is 9.96. The largest absolute Gasteiger partial charge is 0.0891 e. The summed E-state index contributed by atoms with van der Waals surface area (Å²) in [7, 11) is 0. The van der Waals surface area contributed by atoms with Crippen LogP contribution in [0.25, 0.3) is 0 Å². The summed E-state index contributed by atoms with van der Waals surface area (Å²) < 4.78 is 0. The summed E-state index contributed by atoms with van der Waals surface area (Å²) in [5.41, 5.74) is 5.65. The standard InChI is InChI=1S/C15H19/c1-5-6-7-8-9-15-11-12(2)10-13(3)14(15)4/h10-11H,6-9H2,2-4H3. The maximum Gasteiger partial charge on any atom is 0.00990 e. The van der Waals surface area contributed by atoms with Crippen molar-refractivity contribution in [1.82, 2.24) is 0 Å². The zero-order valence-corrected chi connectivity index (χ0v) is 9.98. The summed E-state index contributed by atoms with van der Waals surface area (Å²) in [6, 6.07) is 4.53. The van der Waals surface area contributed by atoms with Gasteiger partial charge in [0.2, 0.25) is 0 Å². The van der Waals surface area contributed by atoms with Crippen LogP contribution in [0, 0.1) is 33.1 Å². The van der Waals surface area contributed by atoms with Gasteiger partial charge in [0, 0.05) is 6.42 Å². The topological polar surface area (TPSA) is 0 Å². The van der Waals surface area contributed by atoms with Crippen molar-refractivity contribution in [3.63, 3.8) is 0 Å². The Bertz CT molecular complexity index is 366. The predicted octanol–water partition coefficient (Wildman–Crippen LogP) is 3.91. The first-order valence-corrected chi connectivity index (χ1v) is 5.61. The lowest BCUT2D eigenvalue weighted by Crippen LogP contribution is -1.94. The Morgan fingerprint density at radius 3 is 2.53 bits per heavy atom. The lowest BCUT2D eigenvalue weighted by Gasteiger charge is -2.10. The van der Waals surface area contributed by atoms with Gasteiger partial charge in [0.1, 0.15) is 0 Å². The molecule has 0 spiro atoms. The number of rotatable bonds is 4. The molecule has 0 atom stereocenters. The molecule has 0 aromatic heterocycles. The Hall–Kier alpha value is -1.22. The fourth-order valence-corrected chi connectivity index (χ4v) is 1.92. The van der Waals surface area contributed by atoms with E-state index >= 15 is 0 Å². The Morgan fingerprint density at radius 1 is 1.13 bits per heavy atom. The van der Waals surface area contributed by atoms with Gasteiger partial charge in [0.05, 0.1) is 0 Å². The van der Waals surface area contributed by atoms with E-state index in [1.54, 1.807) is 0 Å². The van der Waals surface area contributed by atoms with Crippen LogP contribution in [-0.4, -0.2) is 0 Å². The van der Waals surface area contributed by atoms with Gasteiger partial charge < -0.3 is 0 Å². The van der Waals surface area contributed by atoms with E-state index in [2.05, 4.69) is 38.8 Å². The van der Waals surface area contributed by atoms with Gasteiger partial charge in [-0.2, -0.15) is 0 Å². The normalized spacial score (nSPS) is 10.0. The molecule has 0 aliphatic carbocycles. The molecule has 79 valence electrons. The zero-order valence-electron chi connectivity index (χ0n) is 9.98. The van der Waals surface area contributed by atoms with Crippen molar-refractivity contribution in [3.8, 4) is 5.92 Å². The van der Waals surface area contributed by atoms with Gasteiger partial charge in [-0.3, -0.25) is 0 Å². The van der Waals surface area contributed by atoms with Crippen LogP contribution in [0.5, 0.6) is 0 Å². The smallest absolute Gasteiger partial charge is 0.00990 e. The molecule has 0 unspecified atom stereocenters. The Kier molecular flexibility index (Phi) is 4.43. The minimum absolute atomic E-state index is 0.795. The van der Waals surface area contributed by atoms with Gasteiger partial charge >= 0.3 is 0 Å². The maximum atomic E-state index is 6.85. The molecule has 0 heteroatoms. The van der Waals surface area contributed by atoms with Crippen LogP contribution < -0.4 is 0 Å². The van der Waals surface area contributed by atoms with Crippen molar-refractivity contribution < 1.29 is 0 Å². The third-order valence-electron chi connectivity index (χ3n) is 2.92. The van der Waals surface area contributed by atoms with Crippen LogP contribution in [0.2, 0.25) is 0 Å². The minimum Gasteiger partial charge on any atom is -0.0891 e. The van der Waals surface area contributed by atoms with Crippen LogP contribution >= 0.6 is 0 Å². The van der Waals surface area contributed by atoms with E-state index in [1.807, 2.05) is 0 Å². The minimum atomic E-state index is 0.795. The molecule has 0 bridgehead atoms. The predicted molar refractivity (Wildman–Crippen MR) is 65.3 cm³/mol. The number of aryl methyl sites for hydroxylation is 3. The quantitative estimate of drug-likeness (QED) is 0.509. The summed E-state index contributed by atoms with van der Waals surface area (Å²) in [6.45, 7) is 6.53. The summed E-state index contributed by atoms with van der Waals surface area (Å²) in [5, 5.41) is 0. The lowest BCUT2D eigenvalue weighted by molar-refractivity contribution is 0.752. The highest BCUT2D eigenvalue weighted by Gasteiger charge is 2.02. The molecule has 0 aliphatic heterocycles. The molecule has 0 saturated heterocycles. The first kappa shape index (κ1) is 11.9. The Labute approximate surface area is 93.7 Å². The van der Waals surface area contributed by atoms with Crippen molar-refractivity contribution in [2.45, 2.75) is 46.5 Å². The zero-order chi connectivity index (χ0) is 11.3. The van der Waals surface area contributed by atoms with Gasteiger partial charge in [0.15, 0.2) is 0 Å². The first-order valence-electron chi connectivity index (χ1n) is 5.61. The molecule has 0 saturated carbocycles. The third kappa shape index (κ3) is 3.44. The van der Waals surface area contributed by atoms with Gasteiger partial charge in [-0.05, 0) is 63.1 Å². The molecule has 1 aromatic carbocycles. The molecule has 1 aromatic rings. The average Bonchev–Trinajstić information content (AvgIpc) is 2.19. The van der Waals surface area contributed by atoms with E-state index in [0.29, 0.717) is 0 Å². The number of unbranched alkanes of at least 4 members (excludes halogenated alkanes) is 2. The van der Waals surface area contributed by atoms with E-state index in [0.717, 1.165) is 25.7 Å². The summed E-state index contributed by atoms with van der Waals surface area (Å²) >= 11 is 0. The van der Waals surface area contributed by atoms with Gasteiger partial charge in [0.25, 0.3) is 0 Å². The highest BCUT2D eigenvalue weighted by molar-refractivity contribution is 5.37. The van der Waals surface area contributed by atoms with Crippen molar-refractivity contribution in [2.75, 3.05) is 0 Å². The molecule has 0 fully saturated rings.